The molecule has 146 valence electrons. The SMILES string of the molecule is COc1cc(C2SC=C3Sc4nnc(-c5ccccc5)n4N32)cc([N+](=O)[O-])c1O. The van der Waals surface area contributed by atoms with Crippen molar-refractivity contribution in [2.75, 3.05) is 12.1 Å². The Kier molecular flexibility index (Phi) is 4.14. The standard InChI is InChI=1S/C18H13N5O4S2/c1-27-13-8-11(7-12(15(13)24)23(25)26)17-21-14(9-28-17)29-18-20-19-16(22(18)21)10-5-3-2-4-6-10/h2-9,17,24H,1H3. The number of methoxy groups -OCH3 is 1. The number of hydrogen-bond acceptors (Lipinski definition) is 9. The molecule has 1 atom stereocenters. The van der Waals surface area contributed by atoms with Gasteiger partial charge in [0.1, 0.15) is 10.4 Å². The quantitative estimate of drug-likeness (QED) is 0.491. The van der Waals surface area contributed by atoms with Crippen LogP contribution < -0.4 is 9.75 Å². The third kappa shape index (κ3) is 2.73. The maximum atomic E-state index is 11.4. The molecule has 9 nitrogen and oxygen atoms in total. The Labute approximate surface area is 173 Å². The van der Waals surface area contributed by atoms with E-state index in [9.17, 15) is 15.2 Å². The summed E-state index contributed by atoms with van der Waals surface area (Å²) in [5.74, 6) is 0.259. The van der Waals surface area contributed by atoms with E-state index in [0.29, 0.717) is 11.4 Å². The number of benzene rings is 2. The van der Waals surface area contributed by atoms with Crippen LogP contribution in [0.3, 0.4) is 0 Å². The zero-order valence-electron chi connectivity index (χ0n) is 14.9. The summed E-state index contributed by atoms with van der Waals surface area (Å²) in [6.07, 6.45) is 0. The molecule has 2 aromatic carbocycles. The van der Waals surface area contributed by atoms with Crippen molar-refractivity contribution in [3.8, 4) is 22.9 Å². The van der Waals surface area contributed by atoms with Gasteiger partial charge in [-0.15, -0.1) is 10.2 Å². The number of aromatic hydroxyl groups is 1. The molecule has 11 heteroatoms. The second-order valence-electron chi connectivity index (χ2n) is 6.22. The highest BCUT2D eigenvalue weighted by Crippen LogP contribution is 2.53. The van der Waals surface area contributed by atoms with Gasteiger partial charge in [0, 0.05) is 17.0 Å². The molecule has 5 rings (SSSR count). The van der Waals surface area contributed by atoms with Crippen LogP contribution in [-0.2, 0) is 0 Å². The third-order valence-corrected chi connectivity index (χ3v) is 6.77. The highest BCUT2D eigenvalue weighted by atomic mass is 32.2. The summed E-state index contributed by atoms with van der Waals surface area (Å²) in [7, 11) is 1.37. The predicted molar refractivity (Wildman–Crippen MR) is 109 cm³/mol. The highest BCUT2D eigenvalue weighted by molar-refractivity contribution is 8.07. The van der Waals surface area contributed by atoms with E-state index in [1.54, 1.807) is 6.07 Å². The van der Waals surface area contributed by atoms with Crippen molar-refractivity contribution >= 4 is 29.2 Å². The average molecular weight is 427 g/mol. The first-order chi connectivity index (χ1) is 14.1. The Hall–Kier alpha value is -3.18. The van der Waals surface area contributed by atoms with Crippen LogP contribution in [0.2, 0.25) is 0 Å². The number of nitrogens with zero attached hydrogens (tertiary/aromatic N) is 5. The van der Waals surface area contributed by atoms with Gasteiger partial charge in [0.2, 0.25) is 10.9 Å². The fraction of sp³-hybridized carbons (Fsp3) is 0.111. The zero-order valence-corrected chi connectivity index (χ0v) is 16.6. The number of aromatic nitrogens is 3. The van der Waals surface area contributed by atoms with Crippen LogP contribution in [-0.4, -0.2) is 32.0 Å². The first-order valence-corrected chi connectivity index (χ1v) is 10.2. The molecule has 3 aromatic rings. The van der Waals surface area contributed by atoms with Gasteiger partial charge >= 0.3 is 5.69 Å². The lowest BCUT2D eigenvalue weighted by atomic mass is 10.1. The van der Waals surface area contributed by atoms with E-state index >= 15 is 0 Å². The van der Waals surface area contributed by atoms with Crippen molar-refractivity contribution in [1.82, 2.24) is 14.9 Å². The largest absolute Gasteiger partial charge is 0.500 e. The van der Waals surface area contributed by atoms with Gasteiger partial charge in [-0.25, -0.2) is 4.68 Å². The van der Waals surface area contributed by atoms with Gasteiger partial charge in [0.25, 0.3) is 0 Å². The molecule has 0 spiro atoms. The van der Waals surface area contributed by atoms with Gasteiger partial charge in [-0.1, -0.05) is 42.1 Å². The summed E-state index contributed by atoms with van der Waals surface area (Å²) in [6.45, 7) is 0. The van der Waals surface area contributed by atoms with Crippen LogP contribution in [0, 0.1) is 10.1 Å². The first-order valence-electron chi connectivity index (χ1n) is 8.47. The number of phenols is 1. The fourth-order valence-corrected chi connectivity index (χ4v) is 5.48. The summed E-state index contributed by atoms with van der Waals surface area (Å²) in [4.78, 5) is 10.8. The number of nitro benzene ring substituents is 1. The van der Waals surface area contributed by atoms with Crippen molar-refractivity contribution in [1.29, 1.82) is 0 Å². The summed E-state index contributed by atoms with van der Waals surface area (Å²) in [6, 6.07) is 12.7. The second kappa shape index (κ2) is 6.71. The van der Waals surface area contributed by atoms with Crippen LogP contribution in [0.1, 0.15) is 10.9 Å². The normalized spacial score (nSPS) is 17.1. The molecule has 0 aliphatic carbocycles. The molecule has 0 fully saturated rings. The van der Waals surface area contributed by atoms with E-state index < -0.39 is 16.4 Å². The van der Waals surface area contributed by atoms with E-state index in [1.807, 2.05) is 45.4 Å². The lowest BCUT2D eigenvalue weighted by molar-refractivity contribution is -0.386. The van der Waals surface area contributed by atoms with Crippen LogP contribution in [0.15, 0.2) is 58.1 Å². The molecule has 1 aromatic heterocycles. The Morgan fingerprint density at radius 2 is 2.03 bits per heavy atom. The number of hydrogen-bond donors (Lipinski definition) is 1. The molecular formula is C18H13N5O4S2. The first kappa shape index (κ1) is 17.9. The molecule has 3 heterocycles. The molecule has 0 saturated heterocycles. The molecule has 1 N–H and O–H groups in total. The van der Waals surface area contributed by atoms with E-state index in [4.69, 9.17) is 4.74 Å². The number of thioether (sulfide) groups is 2. The minimum atomic E-state index is -0.617. The monoisotopic (exact) mass is 427 g/mol. The third-order valence-electron chi connectivity index (χ3n) is 4.58. The number of nitro groups is 1. The number of fused-ring (bicyclic) bond motifs is 3. The highest BCUT2D eigenvalue weighted by Gasteiger charge is 2.41. The number of phenolic OH excluding ortho intramolecular Hbond substituents is 1. The average Bonchev–Trinajstić information content (AvgIpc) is 3.40. The number of rotatable bonds is 4. The van der Waals surface area contributed by atoms with Crippen LogP contribution in [0.4, 0.5) is 5.69 Å². The molecule has 0 bridgehead atoms. The maximum Gasteiger partial charge on any atom is 0.315 e. The Morgan fingerprint density at radius 3 is 2.76 bits per heavy atom. The second-order valence-corrected chi connectivity index (χ2v) is 8.17. The van der Waals surface area contributed by atoms with Gasteiger partial charge < -0.3 is 9.84 Å². The summed E-state index contributed by atoms with van der Waals surface area (Å²) >= 11 is 3.00. The molecule has 2 aliphatic heterocycles. The Balaban J connectivity index is 1.62. The van der Waals surface area contributed by atoms with Gasteiger partial charge in [-0.3, -0.25) is 15.1 Å². The van der Waals surface area contributed by atoms with Crippen molar-refractivity contribution in [3.05, 3.63) is 68.6 Å². The minimum Gasteiger partial charge on any atom is -0.500 e. The molecule has 0 radical (unpaired) electrons. The van der Waals surface area contributed by atoms with Crippen molar-refractivity contribution in [2.45, 2.75) is 10.5 Å². The van der Waals surface area contributed by atoms with E-state index in [-0.39, 0.29) is 11.1 Å². The molecule has 0 saturated carbocycles. The Bertz CT molecular complexity index is 1160. The van der Waals surface area contributed by atoms with Gasteiger partial charge in [0.15, 0.2) is 11.6 Å². The summed E-state index contributed by atoms with van der Waals surface area (Å²) in [5, 5.41) is 35.5. The molecule has 29 heavy (non-hydrogen) atoms. The minimum absolute atomic E-state index is 0.0577. The van der Waals surface area contributed by atoms with Crippen LogP contribution in [0.25, 0.3) is 11.4 Å². The van der Waals surface area contributed by atoms with E-state index in [2.05, 4.69) is 10.2 Å². The predicted octanol–water partition coefficient (Wildman–Crippen LogP) is 3.86. The summed E-state index contributed by atoms with van der Waals surface area (Å²) < 4.78 is 7.08. The Morgan fingerprint density at radius 1 is 1.24 bits per heavy atom. The van der Waals surface area contributed by atoms with Crippen molar-refractivity contribution in [2.24, 2.45) is 0 Å². The van der Waals surface area contributed by atoms with Crippen molar-refractivity contribution in [3.63, 3.8) is 0 Å². The molecule has 0 amide bonds. The van der Waals surface area contributed by atoms with E-state index in [1.165, 1.54) is 36.7 Å². The lowest BCUT2D eigenvalue weighted by Gasteiger charge is -2.26. The zero-order chi connectivity index (χ0) is 20.1. The number of ether oxygens (including phenoxy) is 1. The summed E-state index contributed by atoms with van der Waals surface area (Å²) in [5.41, 5.74) is 1.15. The smallest absolute Gasteiger partial charge is 0.315 e. The van der Waals surface area contributed by atoms with Gasteiger partial charge in [-0.05, 0) is 23.4 Å². The van der Waals surface area contributed by atoms with Gasteiger partial charge in [0.05, 0.1) is 12.0 Å². The topological polar surface area (TPSA) is 107 Å². The molecule has 2 aliphatic rings. The van der Waals surface area contributed by atoms with E-state index in [0.717, 1.165) is 15.7 Å². The van der Waals surface area contributed by atoms with Crippen LogP contribution in [0.5, 0.6) is 11.5 Å². The van der Waals surface area contributed by atoms with Gasteiger partial charge in [-0.2, -0.15) is 0 Å². The molecule has 1 unspecified atom stereocenters. The lowest BCUT2D eigenvalue weighted by Crippen LogP contribution is -2.29. The molecular weight excluding hydrogens is 414 g/mol. The maximum absolute atomic E-state index is 11.4. The van der Waals surface area contributed by atoms with Crippen LogP contribution >= 0.6 is 23.5 Å². The van der Waals surface area contributed by atoms with Crippen molar-refractivity contribution < 1.29 is 14.8 Å². The fourth-order valence-electron chi connectivity index (χ4n) is 3.28.